The van der Waals surface area contributed by atoms with Gasteiger partial charge in [-0.05, 0) is 61.0 Å². The molecule has 0 atom stereocenters. The third-order valence-electron chi connectivity index (χ3n) is 4.12. The number of aryl methyl sites for hydroxylation is 1. The molecule has 158 valence electrons. The summed E-state index contributed by atoms with van der Waals surface area (Å²) >= 11 is 9.19. The van der Waals surface area contributed by atoms with Crippen molar-refractivity contribution in [3.8, 4) is 11.5 Å². The van der Waals surface area contributed by atoms with Crippen molar-refractivity contribution in [1.29, 1.82) is 0 Å². The van der Waals surface area contributed by atoms with Crippen LogP contribution in [0.5, 0.6) is 11.5 Å². The Morgan fingerprint density at radius 3 is 2.58 bits per heavy atom. The lowest BCUT2D eigenvalue weighted by atomic mass is 10.1. The van der Waals surface area contributed by atoms with Crippen LogP contribution in [-0.2, 0) is 4.79 Å². The van der Waals surface area contributed by atoms with Gasteiger partial charge in [-0.1, -0.05) is 45.7 Å². The minimum absolute atomic E-state index is 0.216. The van der Waals surface area contributed by atoms with Crippen molar-refractivity contribution >= 4 is 45.6 Å². The Balaban J connectivity index is 1.62. The molecule has 8 heteroatoms. The highest BCUT2D eigenvalue weighted by Crippen LogP contribution is 2.23. The number of hydrazone groups is 1. The van der Waals surface area contributed by atoms with E-state index in [0.717, 1.165) is 10.0 Å². The first-order valence-electron chi connectivity index (χ1n) is 9.20. The maximum atomic E-state index is 12.5. The smallest absolute Gasteiger partial charge is 0.343 e. The van der Waals surface area contributed by atoms with Crippen molar-refractivity contribution in [1.82, 2.24) is 5.43 Å². The second kappa shape index (κ2) is 10.7. The van der Waals surface area contributed by atoms with Crippen LogP contribution in [0.1, 0.15) is 21.5 Å². The standard InChI is InChI=1S/C23H18BrClN2O4/c1-15-4-2-3-5-20(15)23(29)31-21-11-6-17(24)12-16(21)13-26-27-22(28)14-30-19-9-7-18(25)8-10-19/h2-13H,14H2,1H3,(H,27,28). The molecule has 0 bridgehead atoms. The maximum absolute atomic E-state index is 12.5. The Hall–Kier alpha value is -3.16. The van der Waals surface area contributed by atoms with Crippen LogP contribution in [0.3, 0.4) is 0 Å². The molecule has 0 aromatic heterocycles. The molecule has 0 saturated heterocycles. The van der Waals surface area contributed by atoms with Crippen LogP contribution in [0.25, 0.3) is 0 Å². The van der Waals surface area contributed by atoms with E-state index in [0.29, 0.717) is 27.6 Å². The fourth-order valence-corrected chi connectivity index (χ4v) is 3.06. The number of nitrogens with zero attached hydrogens (tertiary/aromatic N) is 1. The summed E-state index contributed by atoms with van der Waals surface area (Å²) in [6.45, 7) is 1.62. The fourth-order valence-electron chi connectivity index (χ4n) is 2.56. The van der Waals surface area contributed by atoms with Gasteiger partial charge in [0, 0.05) is 15.1 Å². The number of carbonyl (C=O) groups excluding carboxylic acids is 2. The molecule has 0 aliphatic heterocycles. The van der Waals surface area contributed by atoms with Gasteiger partial charge < -0.3 is 9.47 Å². The van der Waals surface area contributed by atoms with Crippen LogP contribution in [0.4, 0.5) is 0 Å². The first-order valence-corrected chi connectivity index (χ1v) is 10.4. The number of hydrogen-bond donors (Lipinski definition) is 1. The lowest BCUT2D eigenvalue weighted by Crippen LogP contribution is -2.24. The van der Waals surface area contributed by atoms with E-state index in [1.54, 1.807) is 54.6 Å². The zero-order valence-corrected chi connectivity index (χ0v) is 18.8. The van der Waals surface area contributed by atoms with E-state index in [-0.39, 0.29) is 6.61 Å². The van der Waals surface area contributed by atoms with Crippen molar-refractivity contribution in [2.75, 3.05) is 6.61 Å². The summed E-state index contributed by atoms with van der Waals surface area (Å²) < 4.78 is 11.7. The van der Waals surface area contributed by atoms with E-state index in [4.69, 9.17) is 21.1 Å². The van der Waals surface area contributed by atoms with Crippen molar-refractivity contribution < 1.29 is 19.1 Å². The second-order valence-electron chi connectivity index (χ2n) is 6.42. The van der Waals surface area contributed by atoms with E-state index in [1.807, 2.05) is 19.1 Å². The Labute approximate surface area is 193 Å². The average molecular weight is 502 g/mol. The third kappa shape index (κ3) is 6.67. The van der Waals surface area contributed by atoms with Crippen LogP contribution >= 0.6 is 27.5 Å². The first kappa shape index (κ1) is 22.5. The molecular weight excluding hydrogens is 484 g/mol. The van der Waals surface area contributed by atoms with Crippen LogP contribution < -0.4 is 14.9 Å². The molecule has 0 fully saturated rings. The van der Waals surface area contributed by atoms with Gasteiger partial charge in [0.25, 0.3) is 5.91 Å². The predicted molar refractivity (Wildman–Crippen MR) is 123 cm³/mol. The summed E-state index contributed by atoms with van der Waals surface area (Å²) in [4.78, 5) is 24.5. The monoisotopic (exact) mass is 500 g/mol. The molecule has 0 spiro atoms. The molecule has 0 aliphatic carbocycles. The third-order valence-corrected chi connectivity index (χ3v) is 4.86. The van der Waals surface area contributed by atoms with E-state index < -0.39 is 11.9 Å². The molecule has 0 saturated carbocycles. The van der Waals surface area contributed by atoms with Gasteiger partial charge in [-0.15, -0.1) is 0 Å². The number of rotatable bonds is 7. The highest BCUT2D eigenvalue weighted by Gasteiger charge is 2.13. The lowest BCUT2D eigenvalue weighted by molar-refractivity contribution is -0.123. The summed E-state index contributed by atoms with van der Waals surface area (Å²) in [5.41, 5.74) is 4.17. The van der Waals surface area contributed by atoms with E-state index in [2.05, 4.69) is 26.5 Å². The minimum Gasteiger partial charge on any atom is -0.484 e. The Bertz CT molecular complexity index is 1120. The van der Waals surface area contributed by atoms with Gasteiger partial charge in [0.2, 0.25) is 0 Å². The molecule has 0 radical (unpaired) electrons. The van der Waals surface area contributed by atoms with Gasteiger partial charge in [0.1, 0.15) is 11.5 Å². The first-order chi connectivity index (χ1) is 14.9. The van der Waals surface area contributed by atoms with Gasteiger partial charge in [-0.25, -0.2) is 10.2 Å². The Morgan fingerprint density at radius 1 is 1.10 bits per heavy atom. The maximum Gasteiger partial charge on any atom is 0.343 e. The quantitative estimate of drug-likeness (QED) is 0.210. The van der Waals surface area contributed by atoms with Gasteiger partial charge in [0.05, 0.1) is 11.8 Å². The molecule has 3 rings (SSSR count). The highest BCUT2D eigenvalue weighted by atomic mass is 79.9. The Morgan fingerprint density at radius 2 is 1.84 bits per heavy atom. The molecule has 1 N–H and O–H groups in total. The topological polar surface area (TPSA) is 77.0 Å². The summed E-state index contributed by atoms with van der Waals surface area (Å²) in [7, 11) is 0. The summed E-state index contributed by atoms with van der Waals surface area (Å²) in [6.07, 6.45) is 1.39. The molecule has 0 unspecified atom stereocenters. The van der Waals surface area contributed by atoms with Gasteiger partial charge in [-0.2, -0.15) is 5.10 Å². The van der Waals surface area contributed by atoms with E-state index >= 15 is 0 Å². The van der Waals surface area contributed by atoms with Crippen LogP contribution in [0, 0.1) is 6.92 Å². The van der Waals surface area contributed by atoms with Crippen molar-refractivity contribution in [3.05, 3.63) is 92.9 Å². The number of benzene rings is 3. The number of hydrogen-bond acceptors (Lipinski definition) is 5. The summed E-state index contributed by atoms with van der Waals surface area (Å²) in [6, 6.07) is 18.9. The van der Waals surface area contributed by atoms with Crippen LogP contribution in [0.2, 0.25) is 5.02 Å². The normalized spacial score (nSPS) is 10.7. The summed E-state index contributed by atoms with van der Waals surface area (Å²) in [5.74, 6) is -0.0945. The van der Waals surface area contributed by atoms with Crippen LogP contribution in [-0.4, -0.2) is 24.7 Å². The van der Waals surface area contributed by atoms with Gasteiger partial charge >= 0.3 is 5.97 Å². The molecular formula is C23H18BrClN2O4. The van der Waals surface area contributed by atoms with Crippen molar-refractivity contribution in [3.63, 3.8) is 0 Å². The molecule has 0 heterocycles. The lowest BCUT2D eigenvalue weighted by Gasteiger charge is -2.09. The highest BCUT2D eigenvalue weighted by molar-refractivity contribution is 9.10. The number of amides is 1. The van der Waals surface area contributed by atoms with Crippen molar-refractivity contribution in [2.24, 2.45) is 5.10 Å². The van der Waals surface area contributed by atoms with Crippen molar-refractivity contribution in [2.45, 2.75) is 6.92 Å². The second-order valence-corrected chi connectivity index (χ2v) is 7.77. The van der Waals surface area contributed by atoms with Gasteiger partial charge in [0.15, 0.2) is 6.61 Å². The summed E-state index contributed by atoms with van der Waals surface area (Å²) in [5, 5.41) is 4.51. The number of halogens is 2. The predicted octanol–water partition coefficient (Wildman–Crippen LogP) is 5.16. The number of nitrogens with one attached hydrogen (secondary N) is 1. The molecule has 1 amide bonds. The average Bonchev–Trinajstić information content (AvgIpc) is 2.75. The molecule has 0 aliphatic rings. The molecule has 31 heavy (non-hydrogen) atoms. The molecule has 3 aromatic rings. The van der Waals surface area contributed by atoms with E-state index in [1.165, 1.54) is 6.21 Å². The zero-order chi connectivity index (χ0) is 22.2. The van der Waals surface area contributed by atoms with E-state index in [9.17, 15) is 9.59 Å². The van der Waals surface area contributed by atoms with Crippen LogP contribution in [0.15, 0.2) is 76.3 Å². The molecule has 3 aromatic carbocycles. The number of ether oxygens (including phenoxy) is 2. The fraction of sp³-hybridized carbons (Fsp3) is 0.0870. The molecule has 6 nitrogen and oxygen atoms in total. The van der Waals surface area contributed by atoms with Gasteiger partial charge in [-0.3, -0.25) is 4.79 Å². The Kier molecular flexibility index (Phi) is 7.81. The minimum atomic E-state index is -0.476. The zero-order valence-electron chi connectivity index (χ0n) is 16.5. The number of esters is 1. The SMILES string of the molecule is Cc1ccccc1C(=O)Oc1ccc(Br)cc1C=NNC(=O)COc1ccc(Cl)cc1. The largest absolute Gasteiger partial charge is 0.484 e. The number of carbonyl (C=O) groups is 2.